The van der Waals surface area contributed by atoms with Crippen LogP contribution in [0.4, 0.5) is 0 Å². The molecule has 4 heteroatoms. The van der Waals surface area contributed by atoms with E-state index in [0.29, 0.717) is 0 Å². The van der Waals surface area contributed by atoms with Crippen molar-refractivity contribution < 1.29 is 0 Å². The van der Waals surface area contributed by atoms with Crippen LogP contribution in [-0.4, -0.2) is 0 Å². The monoisotopic (exact) mass is 297 g/mol. The predicted octanol–water partition coefficient (Wildman–Crippen LogP) is 4.99. The molecule has 3 nitrogen and oxygen atoms in total. The number of rotatable bonds is 4. The van der Waals surface area contributed by atoms with Crippen molar-refractivity contribution in [1.29, 1.82) is 5.26 Å². The largest absolute Gasteiger partial charge is 0.195 e. The predicted molar refractivity (Wildman–Crippen MR) is 83.9 cm³/mol. The average Bonchev–Trinajstić information content (AvgIpc) is 2.54. The van der Waals surface area contributed by atoms with Crippen molar-refractivity contribution in [1.82, 2.24) is 0 Å². The van der Waals surface area contributed by atoms with Gasteiger partial charge in [-0.1, -0.05) is 72.3 Å². The summed E-state index contributed by atoms with van der Waals surface area (Å²) in [6.45, 7) is 3.49. The molecule has 0 aliphatic rings. The van der Waals surface area contributed by atoms with E-state index in [2.05, 4.69) is 16.3 Å². The zero-order valence-electron chi connectivity index (χ0n) is 12.0. The van der Waals surface area contributed by atoms with Gasteiger partial charge in [0, 0.05) is 0 Å². The quantitative estimate of drug-likeness (QED) is 0.445. The number of benzene rings is 2. The van der Waals surface area contributed by atoms with Gasteiger partial charge in [0.15, 0.2) is 10.5 Å². The van der Waals surface area contributed by atoms with Crippen LogP contribution in [0.1, 0.15) is 25.0 Å². The van der Waals surface area contributed by atoms with Gasteiger partial charge < -0.3 is 0 Å². The summed E-state index contributed by atoms with van der Waals surface area (Å²) >= 11 is 6.44. The smallest absolute Gasteiger partial charge is 0.189 e. The van der Waals surface area contributed by atoms with Crippen molar-refractivity contribution in [3.8, 4) is 6.07 Å². The number of azo groups is 1. The van der Waals surface area contributed by atoms with E-state index < -0.39 is 10.5 Å². The Bertz CT molecular complexity index is 659. The Morgan fingerprint density at radius 3 is 1.81 bits per heavy atom. The van der Waals surface area contributed by atoms with Gasteiger partial charge in [0.2, 0.25) is 0 Å². The van der Waals surface area contributed by atoms with E-state index in [4.69, 9.17) is 11.6 Å². The number of nitriles is 1. The van der Waals surface area contributed by atoms with Gasteiger partial charge >= 0.3 is 0 Å². The molecule has 2 unspecified atom stereocenters. The van der Waals surface area contributed by atoms with Crippen molar-refractivity contribution >= 4 is 11.6 Å². The molecule has 0 saturated carbocycles. The highest BCUT2D eigenvalue weighted by molar-refractivity contribution is 6.23. The van der Waals surface area contributed by atoms with Gasteiger partial charge in [-0.15, -0.1) is 0 Å². The average molecular weight is 298 g/mol. The summed E-state index contributed by atoms with van der Waals surface area (Å²) in [6.07, 6.45) is 0. The maximum absolute atomic E-state index is 9.46. The van der Waals surface area contributed by atoms with Gasteiger partial charge in [-0.2, -0.15) is 15.5 Å². The Balaban J connectivity index is 2.33. The lowest BCUT2D eigenvalue weighted by Gasteiger charge is -2.20. The Morgan fingerprint density at radius 1 is 0.857 bits per heavy atom. The van der Waals surface area contributed by atoms with E-state index in [9.17, 15) is 5.26 Å². The number of hydrogen-bond donors (Lipinski definition) is 0. The molecular formula is C17H16ClN3. The van der Waals surface area contributed by atoms with Gasteiger partial charge in [-0.25, -0.2) is 0 Å². The molecule has 0 heterocycles. The fourth-order valence-electron chi connectivity index (χ4n) is 1.90. The number of nitrogens with zero attached hydrogens (tertiary/aromatic N) is 3. The highest BCUT2D eigenvalue weighted by atomic mass is 35.5. The maximum atomic E-state index is 9.46. The second kappa shape index (κ2) is 6.07. The van der Waals surface area contributed by atoms with Crippen LogP contribution >= 0.6 is 11.6 Å². The van der Waals surface area contributed by atoms with Crippen LogP contribution in [0.15, 0.2) is 70.9 Å². The van der Waals surface area contributed by atoms with E-state index in [-0.39, 0.29) is 0 Å². The van der Waals surface area contributed by atoms with Crippen LogP contribution in [0.5, 0.6) is 0 Å². The second-order valence-corrected chi connectivity index (χ2v) is 5.81. The second-order valence-electron chi connectivity index (χ2n) is 5.07. The lowest BCUT2D eigenvalue weighted by atomic mass is 9.95. The number of hydrogen-bond acceptors (Lipinski definition) is 3. The summed E-state index contributed by atoms with van der Waals surface area (Å²) in [7, 11) is 0. The van der Waals surface area contributed by atoms with Crippen molar-refractivity contribution in [2.24, 2.45) is 10.2 Å². The third-order valence-corrected chi connectivity index (χ3v) is 3.59. The molecule has 0 fully saturated rings. The van der Waals surface area contributed by atoms with Crippen LogP contribution < -0.4 is 0 Å². The molecule has 21 heavy (non-hydrogen) atoms. The van der Waals surface area contributed by atoms with Crippen LogP contribution in [0, 0.1) is 11.3 Å². The van der Waals surface area contributed by atoms with Crippen LogP contribution in [0.2, 0.25) is 0 Å². The molecule has 0 radical (unpaired) electrons. The highest BCUT2D eigenvalue weighted by Crippen LogP contribution is 2.33. The third-order valence-electron chi connectivity index (χ3n) is 3.29. The first-order valence-electron chi connectivity index (χ1n) is 6.63. The number of alkyl halides is 1. The molecule has 0 amide bonds. The highest BCUT2D eigenvalue weighted by Gasteiger charge is 2.29. The maximum Gasteiger partial charge on any atom is 0.189 e. The Kier molecular flexibility index (Phi) is 4.40. The van der Waals surface area contributed by atoms with Crippen LogP contribution in [-0.2, 0) is 10.5 Å². The normalized spacial score (nSPS) is 16.9. The standard InChI is InChI=1S/C17H16ClN3/c1-16(13-19,14-9-5-3-6-10-14)20-21-17(2,18)15-11-7-4-8-12-15/h3-12H,1-2H3/b21-20+. The van der Waals surface area contributed by atoms with Crippen molar-refractivity contribution in [3.05, 3.63) is 71.8 Å². The van der Waals surface area contributed by atoms with Crippen molar-refractivity contribution in [3.63, 3.8) is 0 Å². The van der Waals surface area contributed by atoms with E-state index in [1.807, 2.05) is 60.7 Å². The molecule has 2 aromatic rings. The number of halogens is 1. The zero-order valence-corrected chi connectivity index (χ0v) is 12.7. The SMILES string of the molecule is CC(Cl)(/N=N/C(C)(C#N)c1ccccc1)c1ccccc1. The van der Waals surface area contributed by atoms with E-state index in [1.165, 1.54) is 0 Å². The van der Waals surface area contributed by atoms with Crippen LogP contribution in [0.25, 0.3) is 0 Å². The lowest BCUT2D eigenvalue weighted by Crippen LogP contribution is -2.18. The molecule has 0 aliphatic heterocycles. The van der Waals surface area contributed by atoms with Crippen molar-refractivity contribution in [2.45, 2.75) is 24.4 Å². The Morgan fingerprint density at radius 2 is 1.33 bits per heavy atom. The molecule has 0 bridgehead atoms. The van der Waals surface area contributed by atoms with E-state index in [0.717, 1.165) is 11.1 Å². The van der Waals surface area contributed by atoms with Gasteiger partial charge in [-0.3, -0.25) is 0 Å². The fourth-order valence-corrected chi connectivity index (χ4v) is 2.07. The minimum atomic E-state index is -1.05. The van der Waals surface area contributed by atoms with Gasteiger partial charge in [0.25, 0.3) is 0 Å². The minimum Gasteiger partial charge on any atom is -0.195 e. The molecule has 0 aliphatic carbocycles. The topological polar surface area (TPSA) is 48.5 Å². The molecule has 2 aromatic carbocycles. The summed E-state index contributed by atoms with van der Waals surface area (Å²) in [5, 5.41) is 17.9. The van der Waals surface area contributed by atoms with E-state index >= 15 is 0 Å². The summed E-state index contributed by atoms with van der Waals surface area (Å²) in [6, 6.07) is 21.0. The molecule has 0 spiro atoms. The molecule has 106 valence electrons. The van der Waals surface area contributed by atoms with E-state index in [1.54, 1.807) is 13.8 Å². The summed E-state index contributed by atoms with van der Waals surface area (Å²) < 4.78 is 0. The first-order chi connectivity index (χ1) is 9.98. The Hall–Kier alpha value is -2.18. The first kappa shape index (κ1) is 15.2. The molecule has 0 N–H and O–H groups in total. The van der Waals surface area contributed by atoms with Crippen LogP contribution in [0.3, 0.4) is 0 Å². The third kappa shape index (κ3) is 3.48. The minimum absolute atomic E-state index is 0.789. The van der Waals surface area contributed by atoms with Crippen molar-refractivity contribution in [2.75, 3.05) is 0 Å². The molecule has 0 saturated heterocycles. The molecule has 2 atom stereocenters. The first-order valence-corrected chi connectivity index (χ1v) is 7.01. The molecule has 0 aromatic heterocycles. The Labute approximate surface area is 129 Å². The molecular weight excluding hydrogens is 282 g/mol. The van der Waals surface area contributed by atoms with Gasteiger partial charge in [-0.05, 0) is 25.0 Å². The fraction of sp³-hybridized carbons (Fsp3) is 0.235. The lowest BCUT2D eigenvalue weighted by molar-refractivity contribution is 0.542. The molecule has 2 rings (SSSR count). The summed E-state index contributed by atoms with van der Waals surface area (Å²) in [5.41, 5.74) is 0.576. The summed E-state index contributed by atoms with van der Waals surface area (Å²) in [5.74, 6) is 0. The van der Waals surface area contributed by atoms with Gasteiger partial charge in [0.05, 0.1) is 6.07 Å². The van der Waals surface area contributed by atoms with Gasteiger partial charge in [0.1, 0.15) is 0 Å². The summed E-state index contributed by atoms with van der Waals surface area (Å²) in [4.78, 5) is -0.992. The zero-order chi connectivity index (χ0) is 15.3.